The summed E-state index contributed by atoms with van der Waals surface area (Å²) in [6.07, 6.45) is 1.66. The molecule has 1 amide bonds. The number of hydrogen-bond donors (Lipinski definition) is 0. The van der Waals surface area contributed by atoms with E-state index in [0.717, 1.165) is 33.4 Å². The van der Waals surface area contributed by atoms with Gasteiger partial charge in [0.15, 0.2) is 6.10 Å². The van der Waals surface area contributed by atoms with Crippen molar-refractivity contribution in [2.45, 2.75) is 71.1 Å². The summed E-state index contributed by atoms with van der Waals surface area (Å²) in [4.78, 5) is 28.9. The van der Waals surface area contributed by atoms with Gasteiger partial charge in [0.25, 0.3) is 0 Å². The van der Waals surface area contributed by atoms with Crippen LogP contribution in [0.25, 0.3) is 0 Å². The van der Waals surface area contributed by atoms with E-state index in [9.17, 15) is 9.59 Å². The van der Waals surface area contributed by atoms with Crippen LogP contribution in [0.4, 0.5) is 4.79 Å². The summed E-state index contributed by atoms with van der Waals surface area (Å²) in [6, 6.07) is 7.71. The molecule has 1 saturated carbocycles. The largest absolute Gasteiger partial charge is 0.482 e. The van der Waals surface area contributed by atoms with Crippen molar-refractivity contribution in [2.24, 2.45) is 0 Å². The minimum Gasteiger partial charge on any atom is -0.482 e. The first kappa shape index (κ1) is 28.5. The lowest BCUT2D eigenvalue weighted by Gasteiger charge is -2.41. The number of carbonyl (C=O) groups excluding carboxylic acids is 2. The molecule has 206 valence electrons. The predicted molar refractivity (Wildman–Crippen MR) is 151 cm³/mol. The molecule has 1 aliphatic carbocycles. The minimum absolute atomic E-state index is 0.00991. The SMILES string of the molecule is COC(=O)c1cc(I)c(OC(CN2CCN(C(=O)OC(C)(C)C)[C@H](C)C2)c2ccc(C3CC3)nn2)cc1C. The molecular formula is C28H37IN4O5. The molecule has 4 rings (SSSR count). The number of aryl methyl sites for hydroxylation is 1. The van der Waals surface area contributed by atoms with Crippen molar-refractivity contribution in [1.82, 2.24) is 20.0 Å². The number of halogens is 1. The van der Waals surface area contributed by atoms with Crippen LogP contribution < -0.4 is 4.74 Å². The van der Waals surface area contributed by atoms with Gasteiger partial charge in [-0.15, -0.1) is 0 Å². The highest BCUT2D eigenvalue weighted by molar-refractivity contribution is 14.1. The van der Waals surface area contributed by atoms with Gasteiger partial charge in [-0.2, -0.15) is 10.2 Å². The Hall–Kier alpha value is -2.47. The summed E-state index contributed by atoms with van der Waals surface area (Å²) < 4.78 is 17.9. The number of piperazine rings is 1. The van der Waals surface area contributed by atoms with E-state index in [1.54, 1.807) is 11.0 Å². The first-order chi connectivity index (χ1) is 17.9. The van der Waals surface area contributed by atoms with E-state index in [0.29, 0.717) is 43.4 Å². The van der Waals surface area contributed by atoms with Gasteiger partial charge in [-0.1, -0.05) is 0 Å². The molecule has 2 heterocycles. The van der Waals surface area contributed by atoms with Gasteiger partial charge in [0.2, 0.25) is 0 Å². The third kappa shape index (κ3) is 7.13. The number of hydrogen-bond acceptors (Lipinski definition) is 8. The average molecular weight is 637 g/mol. The molecule has 10 heteroatoms. The highest BCUT2D eigenvalue weighted by Gasteiger charge is 2.33. The maximum absolute atomic E-state index is 12.7. The van der Waals surface area contributed by atoms with Crippen molar-refractivity contribution in [3.63, 3.8) is 0 Å². The molecule has 0 radical (unpaired) electrons. The van der Waals surface area contributed by atoms with Crippen molar-refractivity contribution in [3.8, 4) is 5.75 Å². The lowest BCUT2D eigenvalue weighted by Crippen LogP contribution is -2.55. The molecule has 0 bridgehead atoms. The molecule has 1 aromatic heterocycles. The lowest BCUT2D eigenvalue weighted by molar-refractivity contribution is -0.00322. The summed E-state index contributed by atoms with van der Waals surface area (Å²) in [7, 11) is 1.38. The fourth-order valence-electron chi connectivity index (χ4n) is 4.57. The third-order valence-corrected chi connectivity index (χ3v) is 7.59. The summed E-state index contributed by atoms with van der Waals surface area (Å²) >= 11 is 2.18. The number of benzene rings is 1. The quantitative estimate of drug-likeness (QED) is 0.306. The Balaban J connectivity index is 1.52. The Morgan fingerprint density at radius 1 is 1.16 bits per heavy atom. The molecule has 2 aromatic rings. The van der Waals surface area contributed by atoms with Gasteiger partial charge in [-0.3, -0.25) is 4.90 Å². The Morgan fingerprint density at radius 3 is 2.47 bits per heavy atom. The molecule has 2 fully saturated rings. The summed E-state index contributed by atoms with van der Waals surface area (Å²) in [5.41, 5.74) is 2.54. The van der Waals surface area contributed by atoms with E-state index >= 15 is 0 Å². The topological polar surface area (TPSA) is 94.1 Å². The van der Waals surface area contributed by atoms with Crippen molar-refractivity contribution >= 4 is 34.7 Å². The van der Waals surface area contributed by atoms with Crippen molar-refractivity contribution in [2.75, 3.05) is 33.3 Å². The number of esters is 1. The second-order valence-corrected chi connectivity index (χ2v) is 12.3. The van der Waals surface area contributed by atoms with Crippen molar-refractivity contribution in [3.05, 3.63) is 50.4 Å². The fraction of sp³-hybridized carbons (Fsp3) is 0.571. The van der Waals surface area contributed by atoms with E-state index in [-0.39, 0.29) is 24.2 Å². The van der Waals surface area contributed by atoms with Crippen molar-refractivity contribution < 1.29 is 23.8 Å². The van der Waals surface area contributed by atoms with Crippen LogP contribution in [0.2, 0.25) is 0 Å². The van der Waals surface area contributed by atoms with Crippen LogP contribution in [0.15, 0.2) is 24.3 Å². The first-order valence-electron chi connectivity index (χ1n) is 13.1. The summed E-state index contributed by atoms with van der Waals surface area (Å²) in [6.45, 7) is 12.1. The number of rotatable bonds is 7. The second kappa shape index (κ2) is 11.7. The molecule has 1 aromatic carbocycles. The van der Waals surface area contributed by atoms with Crippen molar-refractivity contribution in [1.29, 1.82) is 0 Å². The normalized spacial score (nSPS) is 19.1. The zero-order valence-electron chi connectivity index (χ0n) is 23.0. The Bertz CT molecular complexity index is 1160. The number of carbonyl (C=O) groups is 2. The number of nitrogens with zero attached hydrogens (tertiary/aromatic N) is 4. The fourth-order valence-corrected chi connectivity index (χ4v) is 5.16. The zero-order chi connectivity index (χ0) is 27.6. The molecule has 1 aliphatic heterocycles. The Labute approximate surface area is 238 Å². The third-order valence-electron chi connectivity index (χ3n) is 6.75. The molecule has 1 saturated heterocycles. The molecular weight excluding hydrogens is 599 g/mol. The van der Waals surface area contributed by atoms with Gasteiger partial charge in [-0.05, 0) is 99.9 Å². The summed E-state index contributed by atoms with van der Waals surface area (Å²) in [5, 5.41) is 9.04. The number of methoxy groups -OCH3 is 1. The van der Waals surface area contributed by atoms with Gasteiger partial charge < -0.3 is 19.1 Å². The average Bonchev–Trinajstić information content (AvgIpc) is 3.70. The number of ether oxygens (including phenoxy) is 3. The van der Waals surface area contributed by atoms with Crippen LogP contribution in [-0.4, -0.2) is 77.0 Å². The Kier molecular flexibility index (Phi) is 8.81. The van der Waals surface area contributed by atoms with Crippen LogP contribution in [0.3, 0.4) is 0 Å². The van der Waals surface area contributed by atoms with E-state index in [1.807, 2.05) is 46.8 Å². The van der Waals surface area contributed by atoms with E-state index in [1.165, 1.54) is 7.11 Å². The summed E-state index contributed by atoms with van der Waals surface area (Å²) in [5.74, 6) is 0.823. The van der Waals surface area contributed by atoms with Crippen LogP contribution in [-0.2, 0) is 9.47 Å². The highest BCUT2D eigenvalue weighted by Crippen LogP contribution is 2.39. The maximum Gasteiger partial charge on any atom is 0.410 e. The predicted octanol–water partition coefficient (Wildman–Crippen LogP) is 5.11. The molecule has 0 spiro atoms. The van der Waals surface area contributed by atoms with Crippen LogP contribution in [0, 0.1) is 10.5 Å². The molecule has 2 aliphatic rings. The van der Waals surface area contributed by atoms with Gasteiger partial charge in [0, 0.05) is 38.1 Å². The zero-order valence-corrected chi connectivity index (χ0v) is 25.1. The van der Waals surface area contributed by atoms with Gasteiger partial charge in [0.1, 0.15) is 17.0 Å². The number of aromatic nitrogens is 2. The monoisotopic (exact) mass is 636 g/mol. The molecule has 38 heavy (non-hydrogen) atoms. The van der Waals surface area contributed by atoms with E-state index < -0.39 is 5.60 Å². The van der Waals surface area contributed by atoms with E-state index in [2.05, 4.69) is 43.8 Å². The van der Waals surface area contributed by atoms with Crippen LogP contribution in [0.1, 0.15) is 79.9 Å². The highest BCUT2D eigenvalue weighted by atomic mass is 127. The van der Waals surface area contributed by atoms with Gasteiger partial charge in [0.05, 0.1) is 21.9 Å². The minimum atomic E-state index is -0.531. The standard InChI is InChI=1S/C28H37IN4O5/c1-17-13-24(21(29)14-20(17)26(34)36-6)37-25(23-10-9-22(30-31-23)19-7-8-19)16-32-11-12-33(18(2)15-32)27(35)38-28(3,4)5/h9-10,13-14,18-19,25H,7-8,11-12,15-16H2,1-6H3/t18-,25?/m1/s1. The number of amides is 1. The molecule has 0 N–H and O–H groups in total. The maximum atomic E-state index is 12.7. The van der Waals surface area contributed by atoms with Crippen LogP contribution >= 0.6 is 22.6 Å². The van der Waals surface area contributed by atoms with E-state index in [4.69, 9.17) is 14.2 Å². The van der Waals surface area contributed by atoms with Gasteiger partial charge in [-0.25, -0.2) is 9.59 Å². The second-order valence-electron chi connectivity index (χ2n) is 11.1. The van der Waals surface area contributed by atoms with Crippen LogP contribution in [0.5, 0.6) is 5.75 Å². The first-order valence-corrected chi connectivity index (χ1v) is 14.1. The molecule has 9 nitrogen and oxygen atoms in total. The smallest absolute Gasteiger partial charge is 0.410 e. The van der Waals surface area contributed by atoms with Gasteiger partial charge >= 0.3 is 12.1 Å². The molecule has 2 atom stereocenters. The molecule has 1 unspecified atom stereocenters. The Morgan fingerprint density at radius 2 is 1.89 bits per heavy atom. The lowest BCUT2D eigenvalue weighted by atomic mass is 10.1.